The van der Waals surface area contributed by atoms with E-state index >= 15 is 0 Å². The normalized spacial score (nSPS) is 12.0. The molecule has 0 unspecified atom stereocenters. The third-order valence-electron chi connectivity index (χ3n) is 4.33. The standard InChI is InChI=1S/C20H21N3O5/c1-11(2)16(21-18(24)15-9-6-10-27-15)19(25)22-23-20(26)17-12(3)13-7-4-5-8-14(13)28-17/h4-11,16H,1-3H3,(H,21,24)(H,22,25)(H,23,26)/t16-/m0/s1. The van der Waals surface area contributed by atoms with Crippen LogP contribution in [0, 0.1) is 12.8 Å². The minimum atomic E-state index is -0.866. The first kappa shape index (κ1) is 19.2. The van der Waals surface area contributed by atoms with Gasteiger partial charge in [-0.05, 0) is 31.0 Å². The number of hydrogen-bond donors (Lipinski definition) is 3. The molecule has 2 aromatic heterocycles. The van der Waals surface area contributed by atoms with E-state index in [-0.39, 0.29) is 17.4 Å². The molecule has 0 bridgehead atoms. The molecule has 146 valence electrons. The summed E-state index contributed by atoms with van der Waals surface area (Å²) < 4.78 is 10.6. The van der Waals surface area contributed by atoms with E-state index in [4.69, 9.17) is 8.83 Å². The zero-order valence-electron chi connectivity index (χ0n) is 15.7. The van der Waals surface area contributed by atoms with Crippen LogP contribution >= 0.6 is 0 Å². The number of carbonyl (C=O) groups excluding carboxylic acids is 3. The molecule has 0 saturated carbocycles. The minimum Gasteiger partial charge on any atom is -0.459 e. The number of nitrogens with one attached hydrogen (secondary N) is 3. The van der Waals surface area contributed by atoms with Gasteiger partial charge in [0.25, 0.3) is 11.8 Å². The summed E-state index contributed by atoms with van der Waals surface area (Å²) in [6.45, 7) is 5.32. The molecule has 0 spiro atoms. The number of rotatable bonds is 5. The largest absolute Gasteiger partial charge is 0.459 e. The average Bonchev–Trinajstić information content (AvgIpc) is 3.32. The number of benzene rings is 1. The van der Waals surface area contributed by atoms with Gasteiger partial charge in [-0.15, -0.1) is 0 Å². The van der Waals surface area contributed by atoms with E-state index < -0.39 is 23.8 Å². The van der Waals surface area contributed by atoms with Gasteiger partial charge in [0.1, 0.15) is 11.6 Å². The van der Waals surface area contributed by atoms with E-state index in [1.165, 1.54) is 12.3 Å². The second-order valence-electron chi connectivity index (χ2n) is 6.67. The number of hydrazine groups is 1. The van der Waals surface area contributed by atoms with Crippen LogP contribution in [0.1, 0.15) is 40.5 Å². The lowest BCUT2D eigenvalue weighted by molar-refractivity contribution is -0.124. The van der Waals surface area contributed by atoms with E-state index in [1.54, 1.807) is 32.9 Å². The third kappa shape index (κ3) is 3.90. The highest BCUT2D eigenvalue weighted by Crippen LogP contribution is 2.24. The van der Waals surface area contributed by atoms with Crippen molar-refractivity contribution in [2.45, 2.75) is 26.8 Å². The van der Waals surface area contributed by atoms with E-state index in [1.807, 2.05) is 18.2 Å². The minimum absolute atomic E-state index is 0.0976. The van der Waals surface area contributed by atoms with Gasteiger partial charge < -0.3 is 14.2 Å². The molecule has 1 aromatic carbocycles. The lowest BCUT2D eigenvalue weighted by atomic mass is 10.0. The molecular weight excluding hydrogens is 362 g/mol. The first-order valence-corrected chi connectivity index (χ1v) is 8.81. The Morgan fingerprint density at radius 3 is 2.36 bits per heavy atom. The summed E-state index contributed by atoms with van der Waals surface area (Å²) in [6.07, 6.45) is 1.37. The van der Waals surface area contributed by atoms with Crippen LogP contribution in [-0.4, -0.2) is 23.8 Å². The Morgan fingerprint density at radius 1 is 0.964 bits per heavy atom. The lowest BCUT2D eigenvalue weighted by Gasteiger charge is -2.21. The van der Waals surface area contributed by atoms with Gasteiger partial charge in [0.2, 0.25) is 0 Å². The summed E-state index contributed by atoms with van der Waals surface area (Å²) in [5.74, 6) is -1.66. The van der Waals surface area contributed by atoms with E-state index in [0.29, 0.717) is 11.1 Å². The first-order chi connectivity index (χ1) is 13.4. The van der Waals surface area contributed by atoms with Crippen molar-refractivity contribution in [1.29, 1.82) is 0 Å². The predicted molar refractivity (Wildman–Crippen MR) is 101 cm³/mol. The first-order valence-electron chi connectivity index (χ1n) is 8.81. The number of hydrogen-bond acceptors (Lipinski definition) is 5. The van der Waals surface area contributed by atoms with Gasteiger partial charge in [-0.1, -0.05) is 32.0 Å². The Hall–Kier alpha value is -3.55. The number of amides is 3. The summed E-state index contributed by atoms with van der Waals surface area (Å²) in [6, 6.07) is 9.48. The van der Waals surface area contributed by atoms with Crippen molar-refractivity contribution in [3.05, 3.63) is 59.7 Å². The van der Waals surface area contributed by atoms with Crippen LogP contribution in [0.25, 0.3) is 11.0 Å². The molecule has 3 rings (SSSR count). The highest BCUT2D eigenvalue weighted by molar-refractivity contribution is 6.00. The highest BCUT2D eigenvalue weighted by Gasteiger charge is 2.26. The number of aryl methyl sites for hydroxylation is 1. The Balaban J connectivity index is 1.65. The van der Waals surface area contributed by atoms with E-state index in [9.17, 15) is 14.4 Å². The monoisotopic (exact) mass is 383 g/mol. The number of fused-ring (bicyclic) bond motifs is 1. The molecule has 3 N–H and O–H groups in total. The summed E-state index contributed by atoms with van der Waals surface area (Å²) in [7, 11) is 0. The van der Waals surface area contributed by atoms with Gasteiger partial charge in [-0.3, -0.25) is 25.2 Å². The van der Waals surface area contributed by atoms with Gasteiger partial charge in [-0.2, -0.15) is 0 Å². The maximum Gasteiger partial charge on any atom is 0.305 e. The Morgan fingerprint density at radius 2 is 1.71 bits per heavy atom. The van der Waals surface area contributed by atoms with Gasteiger partial charge in [0, 0.05) is 10.9 Å². The van der Waals surface area contributed by atoms with Crippen molar-refractivity contribution in [3.63, 3.8) is 0 Å². The fourth-order valence-corrected chi connectivity index (χ4v) is 2.80. The smallest absolute Gasteiger partial charge is 0.305 e. The third-order valence-corrected chi connectivity index (χ3v) is 4.33. The van der Waals surface area contributed by atoms with Gasteiger partial charge in [0.15, 0.2) is 11.5 Å². The summed E-state index contributed by atoms with van der Waals surface area (Å²) in [4.78, 5) is 37.0. The molecule has 8 nitrogen and oxygen atoms in total. The molecule has 3 aromatic rings. The maximum absolute atomic E-state index is 12.5. The highest BCUT2D eigenvalue weighted by atomic mass is 16.3. The number of para-hydroxylation sites is 1. The van der Waals surface area contributed by atoms with Crippen LogP contribution in [0.3, 0.4) is 0 Å². The Labute approximate surface area is 161 Å². The van der Waals surface area contributed by atoms with Gasteiger partial charge >= 0.3 is 5.91 Å². The van der Waals surface area contributed by atoms with Crippen molar-refractivity contribution < 1.29 is 23.2 Å². The average molecular weight is 383 g/mol. The Bertz CT molecular complexity index is 1000. The van der Waals surface area contributed by atoms with Gasteiger partial charge in [-0.25, -0.2) is 0 Å². The molecule has 0 aliphatic rings. The van der Waals surface area contributed by atoms with E-state index in [0.717, 1.165) is 5.39 Å². The second-order valence-corrected chi connectivity index (χ2v) is 6.67. The summed E-state index contributed by atoms with van der Waals surface area (Å²) in [5, 5.41) is 3.42. The molecule has 8 heteroatoms. The molecular formula is C20H21N3O5. The fourth-order valence-electron chi connectivity index (χ4n) is 2.80. The maximum atomic E-state index is 12.5. The van der Waals surface area contributed by atoms with Crippen LogP contribution < -0.4 is 16.2 Å². The fraction of sp³-hybridized carbons (Fsp3) is 0.250. The van der Waals surface area contributed by atoms with Crippen LogP contribution in [0.4, 0.5) is 0 Å². The van der Waals surface area contributed by atoms with Crippen LogP contribution in [-0.2, 0) is 4.79 Å². The van der Waals surface area contributed by atoms with Crippen molar-refractivity contribution >= 4 is 28.7 Å². The molecule has 0 aliphatic carbocycles. The van der Waals surface area contributed by atoms with Crippen LogP contribution in [0.5, 0.6) is 0 Å². The second kappa shape index (κ2) is 7.99. The lowest BCUT2D eigenvalue weighted by Crippen LogP contribution is -2.54. The Kier molecular flexibility index (Phi) is 5.49. The summed E-state index contributed by atoms with van der Waals surface area (Å²) in [5.41, 5.74) is 5.94. The topological polar surface area (TPSA) is 114 Å². The van der Waals surface area contributed by atoms with Crippen molar-refractivity contribution in [2.24, 2.45) is 5.92 Å². The zero-order chi connectivity index (χ0) is 20.3. The molecule has 2 heterocycles. The van der Waals surface area contributed by atoms with E-state index in [2.05, 4.69) is 16.2 Å². The predicted octanol–water partition coefficient (Wildman–Crippen LogP) is 2.55. The van der Waals surface area contributed by atoms with Crippen LogP contribution in [0.2, 0.25) is 0 Å². The number of carbonyl (C=O) groups is 3. The molecule has 0 aliphatic heterocycles. The quantitative estimate of drug-likeness (QED) is 0.586. The number of furan rings is 2. The van der Waals surface area contributed by atoms with Gasteiger partial charge in [0.05, 0.1) is 6.26 Å². The molecule has 28 heavy (non-hydrogen) atoms. The molecule has 0 fully saturated rings. The molecule has 0 radical (unpaired) electrons. The molecule has 0 saturated heterocycles. The van der Waals surface area contributed by atoms with Crippen LogP contribution in [0.15, 0.2) is 51.5 Å². The molecule has 1 atom stereocenters. The summed E-state index contributed by atoms with van der Waals surface area (Å²) >= 11 is 0. The SMILES string of the molecule is Cc1c(C(=O)NNC(=O)[C@@H](NC(=O)c2ccco2)C(C)C)oc2ccccc12. The van der Waals surface area contributed by atoms with Crippen molar-refractivity contribution in [2.75, 3.05) is 0 Å². The van der Waals surface area contributed by atoms with Crippen molar-refractivity contribution in [1.82, 2.24) is 16.2 Å². The van der Waals surface area contributed by atoms with Crippen molar-refractivity contribution in [3.8, 4) is 0 Å². The zero-order valence-corrected chi connectivity index (χ0v) is 15.7. The molecule has 3 amide bonds.